The minimum absolute atomic E-state index is 0.0629. The highest BCUT2D eigenvalue weighted by Gasteiger charge is 2.38. The van der Waals surface area contributed by atoms with Crippen LogP contribution < -0.4 is 11.1 Å². The lowest BCUT2D eigenvalue weighted by Gasteiger charge is -2.20. The molecule has 3 N–H and O–H groups in total. The van der Waals surface area contributed by atoms with Gasteiger partial charge in [0.05, 0.1) is 23.3 Å². The van der Waals surface area contributed by atoms with Crippen molar-refractivity contribution in [2.45, 2.75) is 12.0 Å². The fraction of sp³-hybridized carbons (Fsp3) is 0.364. The first-order chi connectivity index (χ1) is 8.92. The third-order valence-corrected chi connectivity index (χ3v) is 2.92. The molecule has 102 valence electrons. The summed E-state index contributed by atoms with van der Waals surface area (Å²) in [5, 5.41) is 12.8. The number of amides is 1. The second-order valence-electron chi connectivity index (χ2n) is 4.33. The number of hydrogen-bond acceptors (Lipinski definition) is 5. The molecule has 0 aromatic heterocycles. The van der Waals surface area contributed by atoms with E-state index < -0.39 is 22.2 Å². The van der Waals surface area contributed by atoms with Crippen LogP contribution in [0.3, 0.4) is 0 Å². The summed E-state index contributed by atoms with van der Waals surface area (Å²) in [5.74, 6) is -1.46. The van der Waals surface area contributed by atoms with E-state index in [9.17, 15) is 19.3 Å². The number of nitro groups is 1. The molecule has 1 fully saturated rings. The van der Waals surface area contributed by atoms with Gasteiger partial charge in [-0.05, 0) is 12.5 Å². The molecule has 1 aromatic rings. The maximum atomic E-state index is 13.6. The van der Waals surface area contributed by atoms with Crippen molar-refractivity contribution in [2.24, 2.45) is 5.73 Å². The van der Waals surface area contributed by atoms with Crippen LogP contribution in [0.5, 0.6) is 0 Å². The first-order valence-electron chi connectivity index (χ1n) is 5.54. The zero-order valence-corrected chi connectivity index (χ0v) is 9.89. The first kappa shape index (κ1) is 13.4. The number of nitrogens with two attached hydrogens (primary N) is 1. The Morgan fingerprint density at radius 2 is 2.32 bits per heavy atom. The zero-order chi connectivity index (χ0) is 14.0. The first-order valence-corrected chi connectivity index (χ1v) is 5.54. The monoisotopic (exact) mass is 269 g/mol. The molecule has 8 heteroatoms. The van der Waals surface area contributed by atoms with Gasteiger partial charge in [-0.15, -0.1) is 0 Å². The maximum absolute atomic E-state index is 13.6. The Hall–Kier alpha value is -2.06. The Bertz CT molecular complexity index is 529. The van der Waals surface area contributed by atoms with E-state index in [4.69, 9.17) is 10.5 Å². The van der Waals surface area contributed by atoms with Gasteiger partial charge in [-0.3, -0.25) is 14.9 Å². The maximum Gasteiger partial charge on any atom is 0.272 e. The largest absolute Gasteiger partial charge is 0.379 e. The molecule has 1 amide bonds. The lowest BCUT2D eigenvalue weighted by Crippen LogP contribution is -2.51. The number of nitrogens with zero attached hydrogens (tertiary/aromatic N) is 1. The molecular formula is C11H12FN3O4. The lowest BCUT2D eigenvalue weighted by molar-refractivity contribution is -0.385. The van der Waals surface area contributed by atoms with Crippen LogP contribution in [0.4, 0.5) is 15.8 Å². The van der Waals surface area contributed by atoms with Crippen molar-refractivity contribution in [2.75, 3.05) is 18.5 Å². The molecule has 19 heavy (non-hydrogen) atoms. The van der Waals surface area contributed by atoms with Gasteiger partial charge in [-0.25, -0.2) is 4.39 Å². The number of hydrogen-bond donors (Lipinski definition) is 2. The zero-order valence-electron chi connectivity index (χ0n) is 9.89. The number of rotatable bonds is 3. The highest BCUT2D eigenvalue weighted by Crippen LogP contribution is 2.23. The number of non-ortho nitro benzene ring substituents is 1. The second-order valence-corrected chi connectivity index (χ2v) is 4.33. The molecule has 0 radical (unpaired) electrons. The number of benzene rings is 1. The van der Waals surface area contributed by atoms with E-state index in [1.54, 1.807) is 0 Å². The normalized spacial score (nSPS) is 22.2. The standard InChI is InChI=1S/C11H12FN3O4/c12-8-5-7(15(17)18)1-2-9(8)14-10(16)11(13)3-4-19-6-11/h1-2,5H,3-4,6,13H2,(H,14,16). The number of nitro benzene ring substituents is 1. The van der Waals surface area contributed by atoms with Crippen molar-refractivity contribution >= 4 is 17.3 Å². The summed E-state index contributed by atoms with van der Waals surface area (Å²) in [5.41, 5.74) is 4.09. The van der Waals surface area contributed by atoms with Gasteiger partial charge >= 0.3 is 0 Å². The van der Waals surface area contributed by atoms with Gasteiger partial charge < -0.3 is 15.8 Å². The molecule has 1 aromatic carbocycles. The van der Waals surface area contributed by atoms with Crippen molar-refractivity contribution in [3.8, 4) is 0 Å². The highest BCUT2D eigenvalue weighted by atomic mass is 19.1. The molecule has 1 atom stereocenters. The Morgan fingerprint density at radius 1 is 1.58 bits per heavy atom. The van der Waals surface area contributed by atoms with Gasteiger partial charge in [0.2, 0.25) is 5.91 Å². The molecular weight excluding hydrogens is 257 g/mol. The van der Waals surface area contributed by atoms with Gasteiger partial charge in [0, 0.05) is 12.7 Å². The summed E-state index contributed by atoms with van der Waals surface area (Å²) in [4.78, 5) is 21.6. The molecule has 0 bridgehead atoms. The van der Waals surface area contributed by atoms with E-state index in [1.807, 2.05) is 0 Å². The Balaban J connectivity index is 2.15. The van der Waals surface area contributed by atoms with Crippen molar-refractivity contribution in [3.63, 3.8) is 0 Å². The molecule has 1 aliphatic rings. The fourth-order valence-corrected chi connectivity index (χ4v) is 1.73. The van der Waals surface area contributed by atoms with Crippen molar-refractivity contribution in [1.29, 1.82) is 0 Å². The predicted molar refractivity (Wildman–Crippen MR) is 64.0 cm³/mol. The van der Waals surface area contributed by atoms with Crippen LogP contribution in [0, 0.1) is 15.9 Å². The van der Waals surface area contributed by atoms with Gasteiger partial charge in [-0.2, -0.15) is 0 Å². The average Bonchev–Trinajstić information content (AvgIpc) is 2.80. The summed E-state index contributed by atoms with van der Waals surface area (Å²) in [6, 6.07) is 2.97. The average molecular weight is 269 g/mol. The predicted octanol–water partition coefficient (Wildman–Crippen LogP) is 0.790. The van der Waals surface area contributed by atoms with Gasteiger partial charge in [0.25, 0.3) is 5.69 Å². The van der Waals surface area contributed by atoms with Crippen LogP contribution in [0.15, 0.2) is 18.2 Å². The Labute approximate surface area is 107 Å². The molecule has 0 saturated carbocycles. The summed E-state index contributed by atoms with van der Waals surface area (Å²) < 4.78 is 18.6. The quantitative estimate of drug-likeness (QED) is 0.623. The van der Waals surface area contributed by atoms with Crippen molar-refractivity contribution in [1.82, 2.24) is 0 Å². The van der Waals surface area contributed by atoms with E-state index >= 15 is 0 Å². The van der Waals surface area contributed by atoms with E-state index in [2.05, 4.69) is 5.32 Å². The van der Waals surface area contributed by atoms with E-state index in [1.165, 1.54) is 0 Å². The molecule has 0 spiro atoms. The van der Waals surface area contributed by atoms with E-state index in [0.29, 0.717) is 13.0 Å². The number of carbonyl (C=O) groups excluding carboxylic acids is 1. The second kappa shape index (κ2) is 4.90. The van der Waals surface area contributed by atoms with Gasteiger partial charge in [0.15, 0.2) is 5.82 Å². The molecule has 0 aliphatic carbocycles. The number of ether oxygens (including phenoxy) is 1. The molecule has 1 saturated heterocycles. The van der Waals surface area contributed by atoms with Gasteiger partial charge in [0.1, 0.15) is 5.54 Å². The van der Waals surface area contributed by atoms with Crippen LogP contribution in [-0.2, 0) is 9.53 Å². The number of halogens is 1. The number of nitrogens with one attached hydrogen (secondary N) is 1. The minimum atomic E-state index is -1.19. The minimum Gasteiger partial charge on any atom is -0.379 e. The molecule has 1 unspecified atom stereocenters. The van der Waals surface area contributed by atoms with Crippen LogP contribution >= 0.6 is 0 Å². The highest BCUT2D eigenvalue weighted by molar-refractivity contribution is 5.98. The Kier molecular flexibility index (Phi) is 3.45. The summed E-state index contributed by atoms with van der Waals surface area (Å²) in [6.45, 7) is 0.431. The molecule has 1 aliphatic heterocycles. The lowest BCUT2D eigenvalue weighted by atomic mass is 9.99. The third kappa shape index (κ3) is 2.69. The summed E-state index contributed by atoms with van der Waals surface area (Å²) in [7, 11) is 0. The van der Waals surface area contributed by atoms with Crippen LogP contribution in [-0.4, -0.2) is 29.6 Å². The summed E-state index contributed by atoms with van der Waals surface area (Å²) >= 11 is 0. The van der Waals surface area contributed by atoms with Crippen LogP contribution in [0.2, 0.25) is 0 Å². The topological polar surface area (TPSA) is 107 Å². The van der Waals surface area contributed by atoms with Crippen molar-refractivity contribution < 1.29 is 18.8 Å². The van der Waals surface area contributed by atoms with Gasteiger partial charge in [-0.1, -0.05) is 0 Å². The smallest absolute Gasteiger partial charge is 0.272 e. The molecule has 1 heterocycles. The fourth-order valence-electron chi connectivity index (χ4n) is 1.73. The molecule has 2 rings (SSSR count). The SMILES string of the molecule is NC1(C(=O)Nc2ccc([N+](=O)[O-])cc2F)CCOC1. The van der Waals surface area contributed by atoms with Crippen molar-refractivity contribution in [3.05, 3.63) is 34.1 Å². The number of carbonyl (C=O) groups is 1. The van der Waals surface area contributed by atoms with E-state index in [-0.39, 0.29) is 18.0 Å². The Morgan fingerprint density at radius 3 is 2.84 bits per heavy atom. The molecule has 7 nitrogen and oxygen atoms in total. The summed E-state index contributed by atoms with van der Waals surface area (Å²) in [6.07, 6.45) is 0.341. The van der Waals surface area contributed by atoms with E-state index in [0.717, 1.165) is 18.2 Å². The third-order valence-electron chi connectivity index (χ3n) is 2.92. The van der Waals surface area contributed by atoms with Crippen LogP contribution in [0.1, 0.15) is 6.42 Å². The van der Waals surface area contributed by atoms with Crippen LogP contribution in [0.25, 0.3) is 0 Å². The number of anilines is 1.